The molecule has 15 heavy (non-hydrogen) atoms. The van der Waals surface area contributed by atoms with Gasteiger partial charge in [0, 0.05) is 0 Å². The number of benzene rings is 2. The highest BCUT2D eigenvalue weighted by molar-refractivity contribution is 5.71. The predicted octanol–water partition coefficient (Wildman–Crippen LogP) is 4.28. The van der Waals surface area contributed by atoms with Gasteiger partial charge in [0.1, 0.15) is 0 Å². The van der Waals surface area contributed by atoms with E-state index >= 15 is 0 Å². The van der Waals surface area contributed by atoms with Crippen LogP contribution in [0.2, 0.25) is 0 Å². The highest BCUT2D eigenvalue weighted by Gasteiger charge is 2.04. The van der Waals surface area contributed by atoms with E-state index in [0.29, 0.717) is 0 Å². The second-order valence-electron chi connectivity index (χ2n) is 4.14. The van der Waals surface area contributed by atoms with Gasteiger partial charge < -0.3 is 0 Å². The third-order valence-corrected chi connectivity index (χ3v) is 2.79. The average molecular weight is 196 g/mol. The molecular formula is C15H16. The van der Waals surface area contributed by atoms with E-state index in [1.54, 1.807) is 0 Å². The summed E-state index contributed by atoms with van der Waals surface area (Å²) >= 11 is 0. The molecular weight excluding hydrogens is 180 g/mol. The van der Waals surface area contributed by atoms with Crippen LogP contribution >= 0.6 is 0 Å². The minimum absolute atomic E-state index is 1.31. The topological polar surface area (TPSA) is 0 Å². The maximum Gasteiger partial charge on any atom is -0.0125 e. The summed E-state index contributed by atoms with van der Waals surface area (Å²) < 4.78 is 0. The zero-order chi connectivity index (χ0) is 10.8. The Morgan fingerprint density at radius 2 is 1.33 bits per heavy atom. The predicted molar refractivity (Wildman–Crippen MR) is 66.1 cm³/mol. The molecule has 76 valence electrons. The van der Waals surface area contributed by atoms with Gasteiger partial charge in [-0.15, -0.1) is 0 Å². The van der Waals surface area contributed by atoms with Crippen molar-refractivity contribution in [2.45, 2.75) is 20.8 Å². The van der Waals surface area contributed by atoms with Crippen LogP contribution in [0.1, 0.15) is 16.7 Å². The van der Waals surface area contributed by atoms with Gasteiger partial charge in [-0.1, -0.05) is 48.0 Å². The van der Waals surface area contributed by atoms with Crippen molar-refractivity contribution >= 4 is 0 Å². The molecule has 2 rings (SSSR count). The molecule has 0 heteroatoms. The van der Waals surface area contributed by atoms with Crippen LogP contribution in [0.4, 0.5) is 0 Å². The van der Waals surface area contributed by atoms with Crippen LogP contribution in [0.5, 0.6) is 0 Å². The van der Waals surface area contributed by atoms with Crippen LogP contribution in [0.15, 0.2) is 42.5 Å². The van der Waals surface area contributed by atoms with E-state index in [1.807, 2.05) is 0 Å². The molecule has 0 spiro atoms. The SMILES string of the molecule is Cc1cccc(-c2c(C)cccc2C)c1. The van der Waals surface area contributed by atoms with E-state index in [1.165, 1.54) is 27.8 Å². The Morgan fingerprint density at radius 1 is 0.733 bits per heavy atom. The van der Waals surface area contributed by atoms with Crippen LogP contribution < -0.4 is 0 Å². The van der Waals surface area contributed by atoms with Crippen molar-refractivity contribution in [1.29, 1.82) is 0 Å². The molecule has 0 N–H and O–H groups in total. The van der Waals surface area contributed by atoms with Gasteiger partial charge in [0.25, 0.3) is 0 Å². The van der Waals surface area contributed by atoms with Gasteiger partial charge in [0.2, 0.25) is 0 Å². The van der Waals surface area contributed by atoms with Gasteiger partial charge in [-0.25, -0.2) is 0 Å². The summed E-state index contributed by atoms with van der Waals surface area (Å²) in [6.45, 7) is 6.48. The molecule has 0 saturated heterocycles. The molecule has 0 aromatic heterocycles. The first-order chi connectivity index (χ1) is 7.18. The molecule has 0 amide bonds. The van der Waals surface area contributed by atoms with Gasteiger partial charge >= 0.3 is 0 Å². The molecule has 0 nitrogen and oxygen atoms in total. The second kappa shape index (κ2) is 3.90. The van der Waals surface area contributed by atoms with E-state index in [0.717, 1.165) is 0 Å². The molecule has 0 fully saturated rings. The Kier molecular flexibility index (Phi) is 2.59. The number of aryl methyl sites for hydroxylation is 3. The standard InChI is InChI=1S/C15H16/c1-11-6-4-9-14(10-11)15-12(2)7-5-8-13(15)3/h4-10H,1-3H3. The zero-order valence-corrected chi connectivity index (χ0v) is 9.54. The molecule has 0 aliphatic heterocycles. The third kappa shape index (κ3) is 1.94. The van der Waals surface area contributed by atoms with Crippen LogP contribution in [0.25, 0.3) is 11.1 Å². The Bertz CT molecular complexity index is 461. The van der Waals surface area contributed by atoms with Crippen LogP contribution in [-0.4, -0.2) is 0 Å². The average Bonchev–Trinajstić information content (AvgIpc) is 2.17. The smallest absolute Gasteiger partial charge is 0.0125 e. The highest BCUT2D eigenvalue weighted by atomic mass is 14.1. The third-order valence-electron chi connectivity index (χ3n) is 2.79. The monoisotopic (exact) mass is 196 g/mol. The summed E-state index contributed by atoms with van der Waals surface area (Å²) in [6.07, 6.45) is 0. The van der Waals surface area contributed by atoms with Crippen molar-refractivity contribution in [3.8, 4) is 11.1 Å². The summed E-state index contributed by atoms with van der Waals surface area (Å²) in [5.41, 5.74) is 6.71. The molecule has 0 atom stereocenters. The molecule has 0 aliphatic carbocycles. The van der Waals surface area contributed by atoms with E-state index in [-0.39, 0.29) is 0 Å². The lowest BCUT2D eigenvalue weighted by molar-refractivity contribution is 1.37. The Morgan fingerprint density at radius 3 is 1.93 bits per heavy atom. The molecule has 0 bridgehead atoms. The van der Waals surface area contributed by atoms with Crippen molar-refractivity contribution in [2.24, 2.45) is 0 Å². The number of hydrogen-bond acceptors (Lipinski definition) is 0. The van der Waals surface area contributed by atoms with Crippen molar-refractivity contribution in [1.82, 2.24) is 0 Å². The van der Waals surface area contributed by atoms with Gasteiger partial charge in [-0.05, 0) is 43.0 Å². The van der Waals surface area contributed by atoms with Crippen molar-refractivity contribution < 1.29 is 0 Å². The molecule has 2 aromatic carbocycles. The minimum atomic E-state index is 1.31. The summed E-state index contributed by atoms with van der Waals surface area (Å²) in [5.74, 6) is 0. The lowest BCUT2D eigenvalue weighted by atomic mass is 9.95. The minimum Gasteiger partial charge on any atom is -0.0617 e. The first-order valence-electron chi connectivity index (χ1n) is 5.32. The highest BCUT2D eigenvalue weighted by Crippen LogP contribution is 2.27. The van der Waals surface area contributed by atoms with E-state index in [2.05, 4.69) is 63.2 Å². The van der Waals surface area contributed by atoms with Crippen LogP contribution in [-0.2, 0) is 0 Å². The summed E-state index contributed by atoms with van der Waals surface area (Å²) in [7, 11) is 0. The van der Waals surface area contributed by atoms with Crippen LogP contribution in [0.3, 0.4) is 0 Å². The van der Waals surface area contributed by atoms with Crippen molar-refractivity contribution in [3.63, 3.8) is 0 Å². The molecule has 0 unspecified atom stereocenters. The molecule has 2 aromatic rings. The second-order valence-corrected chi connectivity index (χ2v) is 4.14. The normalized spacial score (nSPS) is 10.3. The fourth-order valence-corrected chi connectivity index (χ4v) is 2.07. The molecule has 0 saturated carbocycles. The lowest BCUT2D eigenvalue weighted by Gasteiger charge is -2.10. The van der Waals surface area contributed by atoms with Crippen molar-refractivity contribution in [3.05, 3.63) is 59.2 Å². The largest absolute Gasteiger partial charge is 0.0617 e. The Hall–Kier alpha value is -1.56. The first kappa shape index (κ1) is 9.97. The molecule has 0 radical (unpaired) electrons. The Labute approximate surface area is 91.6 Å². The summed E-state index contributed by atoms with van der Waals surface area (Å²) in [6, 6.07) is 15.1. The number of rotatable bonds is 1. The Balaban J connectivity index is 2.63. The first-order valence-corrected chi connectivity index (χ1v) is 5.32. The fraction of sp³-hybridized carbons (Fsp3) is 0.200. The summed E-state index contributed by atoms with van der Waals surface area (Å²) in [4.78, 5) is 0. The molecule has 0 heterocycles. The van der Waals surface area contributed by atoms with Gasteiger partial charge in [0.15, 0.2) is 0 Å². The quantitative estimate of drug-likeness (QED) is 0.638. The lowest BCUT2D eigenvalue weighted by Crippen LogP contribution is -1.87. The van der Waals surface area contributed by atoms with Gasteiger partial charge in [-0.3, -0.25) is 0 Å². The van der Waals surface area contributed by atoms with E-state index in [4.69, 9.17) is 0 Å². The van der Waals surface area contributed by atoms with E-state index in [9.17, 15) is 0 Å². The fourth-order valence-electron chi connectivity index (χ4n) is 2.07. The van der Waals surface area contributed by atoms with Gasteiger partial charge in [0.05, 0.1) is 0 Å². The van der Waals surface area contributed by atoms with Gasteiger partial charge in [-0.2, -0.15) is 0 Å². The molecule has 0 aliphatic rings. The maximum absolute atomic E-state index is 2.25. The summed E-state index contributed by atoms with van der Waals surface area (Å²) in [5, 5.41) is 0. The van der Waals surface area contributed by atoms with Crippen LogP contribution in [0, 0.1) is 20.8 Å². The van der Waals surface area contributed by atoms with Crippen molar-refractivity contribution in [2.75, 3.05) is 0 Å². The zero-order valence-electron chi connectivity index (χ0n) is 9.54. The van der Waals surface area contributed by atoms with E-state index < -0.39 is 0 Å². The number of hydrogen-bond donors (Lipinski definition) is 0. The maximum atomic E-state index is 2.25.